The Morgan fingerprint density at radius 3 is 2.62 bits per heavy atom. The van der Waals surface area contributed by atoms with E-state index < -0.39 is 0 Å². The van der Waals surface area contributed by atoms with E-state index >= 15 is 0 Å². The molecular formula is C13H15N3. The highest BCUT2D eigenvalue weighted by atomic mass is 15.1. The first-order chi connectivity index (χ1) is 7.75. The predicted octanol–water partition coefficient (Wildman–Crippen LogP) is 2.30. The summed E-state index contributed by atoms with van der Waals surface area (Å²) in [6.45, 7) is 0.865. The number of nitrogens with two attached hydrogens (primary N) is 1. The summed E-state index contributed by atoms with van der Waals surface area (Å²) < 4.78 is 0. The molecule has 3 heteroatoms. The summed E-state index contributed by atoms with van der Waals surface area (Å²) in [5, 5.41) is 0. The van der Waals surface area contributed by atoms with Gasteiger partial charge in [-0.25, -0.2) is 4.98 Å². The molecule has 0 fully saturated rings. The largest absolute Gasteiger partial charge is 0.384 e. The number of anilines is 2. The van der Waals surface area contributed by atoms with Crippen LogP contribution in [0.5, 0.6) is 0 Å². The normalized spacial score (nSPS) is 10.1. The Morgan fingerprint density at radius 1 is 1.19 bits per heavy atom. The van der Waals surface area contributed by atoms with Gasteiger partial charge < -0.3 is 10.6 Å². The van der Waals surface area contributed by atoms with E-state index in [9.17, 15) is 0 Å². The van der Waals surface area contributed by atoms with Crippen molar-refractivity contribution in [1.82, 2.24) is 4.98 Å². The maximum Gasteiger partial charge on any atom is 0.125 e. The Bertz CT molecular complexity index is 454. The molecule has 82 valence electrons. The second kappa shape index (κ2) is 4.66. The van der Waals surface area contributed by atoms with Crippen LogP contribution in [0.2, 0.25) is 0 Å². The lowest BCUT2D eigenvalue weighted by Crippen LogP contribution is -2.16. The summed E-state index contributed by atoms with van der Waals surface area (Å²) in [5.41, 5.74) is 8.01. The second-order valence-corrected chi connectivity index (χ2v) is 3.78. The lowest BCUT2D eigenvalue weighted by molar-refractivity contribution is 0.921. The Hall–Kier alpha value is -2.03. The SMILES string of the molecule is CN(Cc1ccccc1)c1ccnc(N)c1. The molecule has 1 aromatic carbocycles. The van der Waals surface area contributed by atoms with Crippen LogP contribution in [0.4, 0.5) is 11.5 Å². The summed E-state index contributed by atoms with van der Waals surface area (Å²) in [6.07, 6.45) is 1.73. The molecule has 2 aromatic rings. The fourth-order valence-electron chi connectivity index (χ4n) is 1.62. The monoisotopic (exact) mass is 213 g/mol. The van der Waals surface area contributed by atoms with Crippen molar-refractivity contribution < 1.29 is 0 Å². The van der Waals surface area contributed by atoms with Crippen LogP contribution in [0.15, 0.2) is 48.7 Å². The van der Waals surface area contributed by atoms with E-state index in [0.29, 0.717) is 5.82 Å². The van der Waals surface area contributed by atoms with Crippen LogP contribution in [0.3, 0.4) is 0 Å². The summed E-state index contributed by atoms with van der Waals surface area (Å²) in [5.74, 6) is 0.553. The first kappa shape index (κ1) is 10.5. The molecule has 0 saturated carbocycles. The highest BCUT2D eigenvalue weighted by Gasteiger charge is 2.02. The first-order valence-electron chi connectivity index (χ1n) is 5.22. The van der Waals surface area contributed by atoms with Crippen LogP contribution < -0.4 is 10.6 Å². The number of hydrogen-bond acceptors (Lipinski definition) is 3. The lowest BCUT2D eigenvalue weighted by atomic mass is 10.2. The molecule has 0 spiro atoms. The molecule has 2 rings (SSSR count). The Labute approximate surface area is 95.5 Å². The summed E-state index contributed by atoms with van der Waals surface area (Å²) in [4.78, 5) is 6.13. The molecule has 0 saturated heterocycles. The Morgan fingerprint density at radius 2 is 1.94 bits per heavy atom. The standard InChI is InChI=1S/C13H15N3/c1-16(10-11-5-3-2-4-6-11)12-7-8-15-13(14)9-12/h2-9H,10H2,1H3,(H2,14,15). The van der Waals surface area contributed by atoms with Crippen molar-refractivity contribution in [3.05, 3.63) is 54.2 Å². The van der Waals surface area contributed by atoms with Crippen LogP contribution in [0.25, 0.3) is 0 Å². The minimum atomic E-state index is 0.553. The van der Waals surface area contributed by atoms with Gasteiger partial charge in [0.2, 0.25) is 0 Å². The van der Waals surface area contributed by atoms with Crippen molar-refractivity contribution in [3.8, 4) is 0 Å². The third-order valence-electron chi connectivity index (χ3n) is 2.47. The van der Waals surface area contributed by atoms with Crippen molar-refractivity contribution in [1.29, 1.82) is 0 Å². The quantitative estimate of drug-likeness (QED) is 0.850. The van der Waals surface area contributed by atoms with Crippen molar-refractivity contribution in [3.63, 3.8) is 0 Å². The van der Waals surface area contributed by atoms with Crippen LogP contribution >= 0.6 is 0 Å². The fourth-order valence-corrected chi connectivity index (χ4v) is 1.62. The summed E-state index contributed by atoms with van der Waals surface area (Å²) in [7, 11) is 2.04. The molecule has 1 aromatic heterocycles. The molecule has 3 nitrogen and oxygen atoms in total. The molecule has 16 heavy (non-hydrogen) atoms. The highest BCUT2D eigenvalue weighted by molar-refractivity contribution is 5.51. The van der Waals surface area contributed by atoms with Gasteiger partial charge >= 0.3 is 0 Å². The molecule has 0 bridgehead atoms. The van der Waals surface area contributed by atoms with Crippen LogP contribution in [0, 0.1) is 0 Å². The minimum absolute atomic E-state index is 0.553. The van der Waals surface area contributed by atoms with E-state index in [1.807, 2.05) is 37.4 Å². The van der Waals surface area contributed by atoms with Gasteiger partial charge in [0.1, 0.15) is 5.82 Å². The molecule has 0 amide bonds. The zero-order chi connectivity index (χ0) is 11.4. The fraction of sp³-hybridized carbons (Fsp3) is 0.154. The molecule has 1 heterocycles. The number of pyridine rings is 1. The number of rotatable bonds is 3. The van der Waals surface area contributed by atoms with E-state index in [0.717, 1.165) is 12.2 Å². The maximum atomic E-state index is 5.65. The third-order valence-corrected chi connectivity index (χ3v) is 2.47. The number of hydrogen-bond donors (Lipinski definition) is 1. The Balaban J connectivity index is 2.12. The summed E-state index contributed by atoms with van der Waals surface area (Å²) >= 11 is 0. The van der Waals surface area contributed by atoms with E-state index in [2.05, 4.69) is 22.0 Å². The van der Waals surface area contributed by atoms with Gasteiger partial charge in [-0.1, -0.05) is 30.3 Å². The molecule has 0 aliphatic heterocycles. The van der Waals surface area contributed by atoms with Crippen LogP contribution in [0.1, 0.15) is 5.56 Å². The molecular weight excluding hydrogens is 198 g/mol. The van der Waals surface area contributed by atoms with Crippen LogP contribution in [-0.4, -0.2) is 12.0 Å². The van der Waals surface area contributed by atoms with Crippen LogP contribution in [-0.2, 0) is 6.54 Å². The van der Waals surface area contributed by atoms with E-state index in [4.69, 9.17) is 5.73 Å². The molecule has 2 N–H and O–H groups in total. The minimum Gasteiger partial charge on any atom is -0.384 e. The zero-order valence-electron chi connectivity index (χ0n) is 9.30. The average molecular weight is 213 g/mol. The first-order valence-corrected chi connectivity index (χ1v) is 5.22. The van der Waals surface area contributed by atoms with Gasteiger partial charge in [0, 0.05) is 31.5 Å². The average Bonchev–Trinajstić information content (AvgIpc) is 2.30. The molecule has 0 atom stereocenters. The van der Waals surface area contributed by atoms with Gasteiger partial charge in [0.05, 0.1) is 0 Å². The number of nitrogen functional groups attached to an aromatic ring is 1. The maximum absolute atomic E-state index is 5.65. The molecule has 0 radical (unpaired) electrons. The second-order valence-electron chi connectivity index (χ2n) is 3.78. The topological polar surface area (TPSA) is 42.2 Å². The predicted molar refractivity (Wildman–Crippen MR) is 67.2 cm³/mol. The summed E-state index contributed by atoms with van der Waals surface area (Å²) in [6, 6.07) is 14.2. The molecule has 0 unspecified atom stereocenters. The van der Waals surface area contributed by atoms with Gasteiger partial charge in [-0.15, -0.1) is 0 Å². The molecule has 0 aliphatic rings. The van der Waals surface area contributed by atoms with Gasteiger partial charge in [-0.05, 0) is 11.6 Å². The van der Waals surface area contributed by atoms with Gasteiger partial charge in [0.15, 0.2) is 0 Å². The highest BCUT2D eigenvalue weighted by Crippen LogP contribution is 2.16. The van der Waals surface area contributed by atoms with Gasteiger partial charge in [-0.2, -0.15) is 0 Å². The van der Waals surface area contributed by atoms with E-state index in [1.54, 1.807) is 6.20 Å². The van der Waals surface area contributed by atoms with Crippen molar-refractivity contribution in [2.45, 2.75) is 6.54 Å². The van der Waals surface area contributed by atoms with Crippen molar-refractivity contribution in [2.75, 3.05) is 17.7 Å². The van der Waals surface area contributed by atoms with Gasteiger partial charge in [0.25, 0.3) is 0 Å². The smallest absolute Gasteiger partial charge is 0.125 e. The number of benzene rings is 1. The lowest BCUT2D eigenvalue weighted by Gasteiger charge is -2.19. The Kier molecular flexibility index (Phi) is 3.05. The van der Waals surface area contributed by atoms with Gasteiger partial charge in [-0.3, -0.25) is 0 Å². The van der Waals surface area contributed by atoms with Crippen molar-refractivity contribution >= 4 is 11.5 Å². The van der Waals surface area contributed by atoms with E-state index in [1.165, 1.54) is 5.56 Å². The van der Waals surface area contributed by atoms with Crippen molar-refractivity contribution in [2.24, 2.45) is 0 Å². The number of aromatic nitrogens is 1. The molecule has 0 aliphatic carbocycles. The zero-order valence-corrected chi connectivity index (χ0v) is 9.30. The number of nitrogens with zero attached hydrogens (tertiary/aromatic N) is 2. The van der Waals surface area contributed by atoms with E-state index in [-0.39, 0.29) is 0 Å². The third kappa shape index (κ3) is 2.51.